The minimum atomic E-state index is 0.508. The molecule has 0 atom stereocenters. The standard InChI is InChI=1S/C9H16N2OS/c1-7(2)9-11-8(6-13-9)5-12-4-3-10/h6-7H,3-5,10H2,1-2H3. The van der Waals surface area contributed by atoms with Gasteiger partial charge in [-0.3, -0.25) is 0 Å². The lowest BCUT2D eigenvalue weighted by Gasteiger charge is -1.99. The maximum absolute atomic E-state index is 5.30. The second-order valence-electron chi connectivity index (χ2n) is 3.17. The molecule has 0 bridgehead atoms. The molecule has 3 nitrogen and oxygen atoms in total. The van der Waals surface area contributed by atoms with Crippen LogP contribution in [-0.2, 0) is 11.3 Å². The smallest absolute Gasteiger partial charge is 0.0954 e. The van der Waals surface area contributed by atoms with E-state index in [1.165, 1.54) is 5.01 Å². The summed E-state index contributed by atoms with van der Waals surface area (Å²) in [6, 6.07) is 0. The summed E-state index contributed by atoms with van der Waals surface area (Å²) in [5.74, 6) is 0.508. The third kappa shape index (κ3) is 3.42. The van der Waals surface area contributed by atoms with Gasteiger partial charge in [-0.2, -0.15) is 0 Å². The van der Waals surface area contributed by atoms with E-state index in [1.54, 1.807) is 11.3 Å². The monoisotopic (exact) mass is 200 g/mol. The molecule has 0 aliphatic carbocycles. The highest BCUT2D eigenvalue weighted by Gasteiger charge is 2.04. The van der Waals surface area contributed by atoms with E-state index in [9.17, 15) is 0 Å². The van der Waals surface area contributed by atoms with Crippen molar-refractivity contribution in [2.24, 2.45) is 5.73 Å². The van der Waals surface area contributed by atoms with Gasteiger partial charge in [0.2, 0.25) is 0 Å². The van der Waals surface area contributed by atoms with Crippen molar-refractivity contribution >= 4 is 11.3 Å². The summed E-state index contributed by atoms with van der Waals surface area (Å²) >= 11 is 1.69. The molecule has 0 spiro atoms. The SMILES string of the molecule is CC(C)c1nc(COCCN)cs1. The van der Waals surface area contributed by atoms with Gasteiger partial charge in [-0.25, -0.2) is 4.98 Å². The zero-order valence-electron chi connectivity index (χ0n) is 8.12. The van der Waals surface area contributed by atoms with Crippen LogP contribution in [0.15, 0.2) is 5.38 Å². The number of ether oxygens (including phenoxy) is 1. The van der Waals surface area contributed by atoms with Gasteiger partial charge >= 0.3 is 0 Å². The van der Waals surface area contributed by atoms with Gasteiger partial charge in [-0.15, -0.1) is 11.3 Å². The van der Waals surface area contributed by atoms with Gasteiger partial charge in [0.1, 0.15) is 0 Å². The van der Waals surface area contributed by atoms with Crippen molar-refractivity contribution in [2.45, 2.75) is 26.4 Å². The molecule has 0 saturated carbocycles. The van der Waals surface area contributed by atoms with E-state index in [2.05, 4.69) is 18.8 Å². The summed E-state index contributed by atoms with van der Waals surface area (Å²) in [5.41, 5.74) is 6.32. The Morgan fingerprint density at radius 2 is 2.38 bits per heavy atom. The molecule has 0 radical (unpaired) electrons. The van der Waals surface area contributed by atoms with Crippen molar-refractivity contribution in [3.63, 3.8) is 0 Å². The topological polar surface area (TPSA) is 48.1 Å². The molecule has 0 fully saturated rings. The lowest BCUT2D eigenvalue weighted by atomic mass is 10.2. The Hall–Kier alpha value is -0.450. The number of nitrogens with two attached hydrogens (primary N) is 1. The lowest BCUT2D eigenvalue weighted by molar-refractivity contribution is 0.126. The van der Waals surface area contributed by atoms with Crippen molar-refractivity contribution in [1.29, 1.82) is 0 Å². The number of hydrogen-bond donors (Lipinski definition) is 1. The van der Waals surface area contributed by atoms with Gasteiger partial charge in [0.05, 0.1) is 23.9 Å². The van der Waals surface area contributed by atoms with E-state index < -0.39 is 0 Å². The van der Waals surface area contributed by atoms with Crippen LogP contribution in [0.5, 0.6) is 0 Å². The lowest BCUT2D eigenvalue weighted by Crippen LogP contribution is -2.08. The van der Waals surface area contributed by atoms with Crippen LogP contribution in [0.1, 0.15) is 30.5 Å². The molecule has 1 heterocycles. The predicted molar refractivity (Wildman–Crippen MR) is 54.9 cm³/mol. The van der Waals surface area contributed by atoms with E-state index in [-0.39, 0.29) is 0 Å². The van der Waals surface area contributed by atoms with Crippen molar-refractivity contribution in [3.8, 4) is 0 Å². The fourth-order valence-electron chi connectivity index (χ4n) is 0.914. The molecule has 1 rings (SSSR count). The molecule has 13 heavy (non-hydrogen) atoms. The number of rotatable bonds is 5. The average Bonchev–Trinajstić information content (AvgIpc) is 2.53. The summed E-state index contributed by atoms with van der Waals surface area (Å²) in [6.45, 7) is 6.04. The molecule has 4 heteroatoms. The third-order valence-corrected chi connectivity index (χ3v) is 2.77. The Labute approximate surface area is 82.9 Å². The quantitative estimate of drug-likeness (QED) is 0.736. The van der Waals surface area contributed by atoms with Crippen LogP contribution in [0.2, 0.25) is 0 Å². The second kappa shape index (κ2) is 5.32. The molecular formula is C9H16N2OS. The molecule has 1 aromatic heterocycles. The van der Waals surface area contributed by atoms with E-state index in [4.69, 9.17) is 10.5 Å². The van der Waals surface area contributed by atoms with Crippen molar-refractivity contribution in [2.75, 3.05) is 13.2 Å². The van der Waals surface area contributed by atoms with Crippen molar-refractivity contribution in [1.82, 2.24) is 4.98 Å². The largest absolute Gasteiger partial charge is 0.374 e. The maximum Gasteiger partial charge on any atom is 0.0954 e. The predicted octanol–water partition coefficient (Wildman–Crippen LogP) is 1.74. The number of aromatic nitrogens is 1. The van der Waals surface area contributed by atoms with Crippen LogP contribution in [-0.4, -0.2) is 18.1 Å². The number of hydrogen-bond acceptors (Lipinski definition) is 4. The van der Waals surface area contributed by atoms with E-state index in [1.807, 2.05) is 5.38 Å². The molecular weight excluding hydrogens is 184 g/mol. The summed E-state index contributed by atoms with van der Waals surface area (Å²) in [5, 5.41) is 3.22. The van der Waals surface area contributed by atoms with Crippen molar-refractivity contribution < 1.29 is 4.74 Å². The Morgan fingerprint density at radius 3 is 2.92 bits per heavy atom. The Bertz CT molecular complexity index is 248. The molecule has 0 aliphatic rings. The fraction of sp³-hybridized carbons (Fsp3) is 0.667. The molecule has 0 amide bonds. The van der Waals surface area contributed by atoms with Gasteiger partial charge < -0.3 is 10.5 Å². The minimum absolute atomic E-state index is 0.508. The normalized spacial score (nSPS) is 11.1. The first-order valence-corrected chi connectivity index (χ1v) is 5.34. The zero-order chi connectivity index (χ0) is 9.68. The second-order valence-corrected chi connectivity index (χ2v) is 4.06. The Morgan fingerprint density at radius 1 is 1.62 bits per heavy atom. The van der Waals surface area contributed by atoms with Crippen LogP contribution in [0.3, 0.4) is 0 Å². The first-order chi connectivity index (χ1) is 6.24. The first-order valence-electron chi connectivity index (χ1n) is 4.46. The van der Waals surface area contributed by atoms with Crippen LogP contribution >= 0.6 is 11.3 Å². The van der Waals surface area contributed by atoms with Gasteiger partial charge in [-0.05, 0) is 0 Å². The molecule has 74 valence electrons. The van der Waals surface area contributed by atoms with E-state index >= 15 is 0 Å². The van der Waals surface area contributed by atoms with Gasteiger partial charge in [0.15, 0.2) is 0 Å². The van der Waals surface area contributed by atoms with Gasteiger partial charge in [-0.1, -0.05) is 13.8 Å². The molecule has 0 saturated heterocycles. The van der Waals surface area contributed by atoms with Crippen LogP contribution in [0.4, 0.5) is 0 Å². The zero-order valence-corrected chi connectivity index (χ0v) is 8.93. The summed E-state index contributed by atoms with van der Waals surface area (Å²) in [6.07, 6.45) is 0. The molecule has 1 aromatic rings. The van der Waals surface area contributed by atoms with Crippen molar-refractivity contribution in [3.05, 3.63) is 16.1 Å². The van der Waals surface area contributed by atoms with E-state index in [0.717, 1.165) is 5.69 Å². The Kier molecular flexibility index (Phi) is 4.35. The van der Waals surface area contributed by atoms with E-state index in [0.29, 0.717) is 25.7 Å². The molecule has 0 aliphatic heterocycles. The highest BCUT2D eigenvalue weighted by molar-refractivity contribution is 7.09. The van der Waals surface area contributed by atoms with Crippen LogP contribution < -0.4 is 5.73 Å². The number of thiazole rings is 1. The number of nitrogens with zero attached hydrogens (tertiary/aromatic N) is 1. The first kappa shape index (κ1) is 10.6. The fourth-order valence-corrected chi connectivity index (χ4v) is 1.73. The summed E-state index contributed by atoms with van der Waals surface area (Å²) in [4.78, 5) is 4.43. The Balaban J connectivity index is 2.40. The van der Waals surface area contributed by atoms with Crippen LogP contribution in [0, 0.1) is 0 Å². The molecule has 0 unspecified atom stereocenters. The highest BCUT2D eigenvalue weighted by Crippen LogP contribution is 2.19. The van der Waals surface area contributed by atoms with Gasteiger partial charge in [0.25, 0.3) is 0 Å². The van der Waals surface area contributed by atoms with Crippen LogP contribution in [0.25, 0.3) is 0 Å². The summed E-state index contributed by atoms with van der Waals surface area (Å²) in [7, 11) is 0. The average molecular weight is 200 g/mol. The third-order valence-electron chi connectivity index (χ3n) is 1.58. The minimum Gasteiger partial charge on any atom is -0.374 e. The maximum atomic E-state index is 5.30. The molecule has 0 aromatic carbocycles. The summed E-state index contributed by atoms with van der Waals surface area (Å²) < 4.78 is 5.28. The molecule has 2 N–H and O–H groups in total. The highest BCUT2D eigenvalue weighted by atomic mass is 32.1. The van der Waals surface area contributed by atoms with Gasteiger partial charge in [0, 0.05) is 17.8 Å².